The Hall–Kier alpha value is -2.82. The van der Waals surface area contributed by atoms with Crippen LogP contribution in [0.2, 0.25) is 0 Å². The molecule has 1 fully saturated rings. The van der Waals surface area contributed by atoms with Crippen molar-refractivity contribution in [3.63, 3.8) is 0 Å². The summed E-state index contributed by atoms with van der Waals surface area (Å²) in [6, 6.07) is 14.5. The molecule has 0 saturated heterocycles. The lowest BCUT2D eigenvalue weighted by atomic mass is 9.96. The van der Waals surface area contributed by atoms with Gasteiger partial charge in [-0.1, -0.05) is 30.3 Å². The SMILES string of the molecule is O=C(COC(=O)C1(c2ccccc2)CC1)c1ccc2c(c1)OCO2. The highest BCUT2D eigenvalue weighted by Crippen LogP contribution is 2.49. The van der Waals surface area contributed by atoms with E-state index < -0.39 is 5.41 Å². The Morgan fingerprint density at radius 3 is 2.50 bits per heavy atom. The molecule has 0 unspecified atom stereocenters. The first-order valence-electron chi connectivity index (χ1n) is 7.85. The Kier molecular flexibility index (Phi) is 3.49. The number of carbonyl (C=O) groups excluding carboxylic acids is 2. The van der Waals surface area contributed by atoms with Crippen molar-refractivity contribution >= 4 is 11.8 Å². The lowest BCUT2D eigenvalue weighted by molar-refractivity contribution is -0.145. The zero-order chi connectivity index (χ0) is 16.6. The maximum Gasteiger partial charge on any atom is 0.317 e. The highest BCUT2D eigenvalue weighted by atomic mass is 16.7. The van der Waals surface area contributed by atoms with Crippen molar-refractivity contribution < 1.29 is 23.8 Å². The van der Waals surface area contributed by atoms with Gasteiger partial charge in [0.1, 0.15) is 0 Å². The maximum absolute atomic E-state index is 12.4. The van der Waals surface area contributed by atoms with Crippen molar-refractivity contribution in [2.75, 3.05) is 13.4 Å². The van der Waals surface area contributed by atoms with Gasteiger partial charge in [0.2, 0.25) is 6.79 Å². The van der Waals surface area contributed by atoms with E-state index >= 15 is 0 Å². The van der Waals surface area contributed by atoms with Crippen molar-refractivity contribution in [1.29, 1.82) is 0 Å². The number of ketones is 1. The molecule has 1 aliphatic carbocycles. The second-order valence-corrected chi connectivity index (χ2v) is 6.02. The largest absolute Gasteiger partial charge is 0.457 e. The van der Waals surface area contributed by atoms with Crippen LogP contribution in [0.15, 0.2) is 48.5 Å². The molecule has 2 aromatic rings. The molecule has 0 atom stereocenters. The van der Waals surface area contributed by atoms with Gasteiger partial charge in [-0.3, -0.25) is 9.59 Å². The minimum Gasteiger partial charge on any atom is -0.457 e. The fourth-order valence-electron chi connectivity index (χ4n) is 2.92. The van der Waals surface area contributed by atoms with E-state index in [1.54, 1.807) is 18.2 Å². The molecule has 1 aliphatic heterocycles. The number of rotatable bonds is 5. The number of hydrogen-bond donors (Lipinski definition) is 0. The third kappa shape index (κ3) is 2.52. The van der Waals surface area contributed by atoms with Gasteiger partial charge in [-0.2, -0.15) is 0 Å². The fraction of sp³-hybridized carbons (Fsp3) is 0.263. The van der Waals surface area contributed by atoms with Crippen LogP contribution in [0.1, 0.15) is 28.8 Å². The Labute approximate surface area is 139 Å². The van der Waals surface area contributed by atoms with E-state index in [-0.39, 0.29) is 25.2 Å². The molecule has 0 radical (unpaired) electrons. The summed E-state index contributed by atoms with van der Waals surface area (Å²) in [4.78, 5) is 24.7. The van der Waals surface area contributed by atoms with Crippen LogP contribution < -0.4 is 9.47 Å². The fourth-order valence-corrected chi connectivity index (χ4v) is 2.92. The van der Waals surface area contributed by atoms with Crippen LogP contribution in [0.5, 0.6) is 11.5 Å². The van der Waals surface area contributed by atoms with Crippen LogP contribution in [0.3, 0.4) is 0 Å². The van der Waals surface area contributed by atoms with Gasteiger partial charge in [0.05, 0.1) is 5.41 Å². The summed E-state index contributed by atoms with van der Waals surface area (Å²) in [7, 11) is 0. The number of fused-ring (bicyclic) bond motifs is 1. The summed E-state index contributed by atoms with van der Waals surface area (Å²) in [6.07, 6.45) is 1.52. The van der Waals surface area contributed by atoms with Gasteiger partial charge in [0.25, 0.3) is 0 Å². The molecule has 24 heavy (non-hydrogen) atoms. The van der Waals surface area contributed by atoms with Crippen LogP contribution in [0, 0.1) is 0 Å². The summed E-state index contributed by atoms with van der Waals surface area (Å²) < 4.78 is 15.8. The minimum absolute atomic E-state index is 0.154. The van der Waals surface area contributed by atoms with E-state index in [0.29, 0.717) is 17.1 Å². The average Bonchev–Trinajstić information content (AvgIpc) is 3.31. The monoisotopic (exact) mass is 324 g/mol. The molecule has 0 spiro atoms. The molecule has 2 aromatic carbocycles. The standard InChI is InChI=1S/C19H16O5/c20-15(13-6-7-16-17(10-13)24-12-23-16)11-22-18(21)19(8-9-19)14-4-2-1-3-5-14/h1-7,10H,8-9,11-12H2. The maximum atomic E-state index is 12.4. The summed E-state index contributed by atoms with van der Waals surface area (Å²) >= 11 is 0. The second kappa shape index (κ2) is 5.67. The highest BCUT2D eigenvalue weighted by Gasteiger charge is 2.52. The Bertz CT molecular complexity index is 793. The van der Waals surface area contributed by atoms with E-state index in [9.17, 15) is 9.59 Å². The van der Waals surface area contributed by atoms with Gasteiger partial charge in [-0.25, -0.2) is 0 Å². The van der Waals surface area contributed by atoms with Gasteiger partial charge >= 0.3 is 5.97 Å². The quantitative estimate of drug-likeness (QED) is 0.625. The van der Waals surface area contributed by atoms with Crippen molar-refractivity contribution in [2.45, 2.75) is 18.3 Å². The molecular weight excluding hydrogens is 308 g/mol. The molecule has 122 valence electrons. The van der Waals surface area contributed by atoms with Crippen molar-refractivity contribution in [3.8, 4) is 11.5 Å². The van der Waals surface area contributed by atoms with Crippen LogP contribution in [0.25, 0.3) is 0 Å². The van der Waals surface area contributed by atoms with Gasteiger partial charge in [-0.15, -0.1) is 0 Å². The predicted molar refractivity (Wildman–Crippen MR) is 85.2 cm³/mol. The first kappa shape index (κ1) is 14.8. The third-order valence-corrected chi connectivity index (χ3v) is 4.50. The Balaban J connectivity index is 1.42. The number of benzene rings is 2. The minimum atomic E-state index is -0.573. The van der Waals surface area contributed by atoms with E-state index in [1.165, 1.54) is 0 Å². The van der Waals surface area contributed by atoms with Crippen LogP contribution >= 0.6 is 0 Å². The Morgan fingerprint density at radius 1 is 1.00 bits per heavy atom. The van der Waals surface area contributed by atoms with E-state index in [1.807, 2.05) is 30.3 Å². The van der Waals surface area contributed by atoms with E-state index in [2.05, 4.69) is 0 Å². The number of esters is 1. The van der Waals surface area contributed by atoms with Crippen molar-refractivity contribution in [3.05, 3.63) is 59.7 Å². The smallest absolute Gasteiger partial charge is 0.317 e. The molecule has 0 amide bonds. The topological polar surface area (TPSA) is 61.8 Å². The molecule has 2 aliphatic rings. The average molecular weight is 324 g/mol. The van der Waals surface area contributed by atoms with E-state index in [4.69, 9.17) is 14.2 Å². The van der Waals surface area contributed by atoms with Crippen molar-refractivity contribution in [2.24, 2.45) is 0 Å². The van der Waals surface area contributed by atoms with Gasteiger partial charge in [0.15, 0.2) is 23.9 Å². The predicted octanol–water partition coefficient (Wildman–Crippen LogP) is 2.87. The first-order chi connectivity index (χ1) is 11.7. The molecular formula is C19H16O5. The van der Waals surface area contributed by atoms with Crippen LogP contribution in [0.4, 0.5) is 0 Å². The first-order valence-corrected chi connectivity index (χ1v) is 7.85. The van der Waals surface area contributed by atoms with Gasteiger partial charge in [0, 0.05) is 5.56 Å². The third-order valence-electron chi connectivity index (χ3n) is 4.50. The summed E-state index contributed by atoms with van der Waals surface area (Å²) in [5.41, 5.74) is 0.818. The van der Waals surface area contributed by atoms with Crippen LogP contribution in [-0.4, -0.2) is 25.2 Å². The van der Waals surface area contributed by atoms with E-state index in [0.717, 1.165) is 18.4 Å². The molecule has 1 heterocycles. The lowest BCUT2D eigenvalue weighted by Gasteiger charge is -2.14. The van der Waals surface area contributed by atoms with Gasteiger partial charge in [-0.05, 0) is 36.6 Å². The number of hydrogen-bond acceptors (Lipinski definition) is 5. The number of carbonyl (C=O) groups is 2. The molecule has 0 bridgehead atoms. The zero-order valence-corrected chi connectivity index (χ0v) is 13.0. The molecule has 5 nitrogen and oxygen atoms in total. The Morgan fingerprint density at radius 2 is 1.75 bits per heavy atom. The molecule has 5 heteroatoms. The molecule has 4 rings (SSSR count). The molecule has 1 saturated carbocycles. The zero-order valence-electron chi connectivity index (χ0n) is 13.0. The normalized spacial score (nSPS) is 16.5. The summed E-state index contributed by atoms with van der Waals surface area (Å²) in [5.74, 6) is 0.563. The summed E-state index contributed by atoms with van der Waals surface area (Å²) in [6.45, 7) is -0.116. The molecule has 0 aromatic heterocycles. The number of Topliss-reactive ketones (excluding diaryl/α,β-unsaturated/α-hetero) is 1. The van der Waals surface area contributed by atoms with Gasteiger partial charge < -0.3 is 14.2 Å². The van der Waals surface area contributed by atoms with Crippen LogP contribution in [-0.2, 0) is 14.9 Å². The highest BCUT2D eigenvalue weighted by molar-refractivity contribution is 5.99. The van der Waals surface area contributed by atoms with Crippen molar-refractivity contribution in [1.82, 2.24) is 0 Å². The molecule has 0 N–H and O–H groups in total. The summed E-state index contributed by atoms with van der Waals surface area (Å²) in [5, 5.41) is 0. The number of ether oxygens (including phenoxy) is 3. The lowest BCUT2D eigenvalue weighted by Crippen LogP contribution is -2.25. The second-order valence-electron chi connectivity index (χ2n) is 6.02.